The molecule has 3 atom stereocenters. The van der Waals surface area contributed by atoms with Gasteiger partial charge in [0, 0.05) is 18.4 Å². The van der Waals surface area contributed by atoms with E-state index in [4.69, 9.17) is 16.3 Å². The summed E-state index contributed by atoms with van der Waals surface area (Å²) in [4.78, 5) is 16.3. The Labute approximate surface area is 146 Å². The third-order valence-corrected chi connectivity index (χ3v) is 5.38. The van der Waals surface area contributed by atoms with E-state index >= 15 is 0 Å². The van der Waals surface area contributed by atoms with E-state index in [-0.39, 0.29) is 18.1 Å². The average molecular weight is 344 g/mol. The van der Waals surface area contributed by atoms with Crippen LogP contribution in [-0.2, 0) is 4.79 Å². The molecule has 3 unspecified atom stereocenters. The van der Waals surface area contributed by atoms with Crippen LogP contribution in [0.3, 0.4) is 0 Å². The quantitative estimate of drug-likeness (QED) is 0.928. The van der Waals surface area contributed by atoms with E-state index < -0.39 is 0 Å². The molecule has 2 aliphatic heterocycles. The SMILES string of the molecule is COc1ccc(N2C(=O)C3CCC[NH+]3C2c2ccccc2)cc1Cl. The summed E-state index contributed by atoms with van der Waals surface area (Å²) in [5, 5.41) is 0.525. The zero-order valence-corrected chi connectivity index (χ0v) is 14.3. The molecule has 2 aliphatic rings. The van der Waals surface area contributed by atoms with Gasteiger partial charge in [0.2, 0.25) is 0 Å². The first-order valence-electron chi connectivity index (χ1n) is 8.28. The van der Waals surface area contributed by atoms with Gasteiger partial charge in [0.1, 0.15) is 5.75 Å². The number of hydrogen-bond acceptors (Lipinski definition) is 2. The minimum absolute atomic E-state index is 0.00987. The number of anilines is 1. The van der Waals surface area contributed by atoms with Gasteiger partial charge in [0.25, 0.3) is 5.91 Å². The zero-order valence-electron chi connectivity index (χ0n) is 13.5. The Morgan fingerprint density at radius 2 is 2.00 bits per heavy atom. The number of quaternary nitrogens is 1. The lowest BCUT2D eigenvalue weighted by Crippen LogP contribution is -3.12. The minimum Gasteiger partial charge on any atom is -0.495 e. The average Bonchev–Trinajstić information content (AvgIpc) is 3.18. The zero-order chi connectivity index (χ0) is 16.7. The van der Waals surface area contributed by atoms with Crippen LogP contribution >= 0.6 is 11.6 Å². The molecule has 4 nitrogen and oxygen atoms in total. The Hall–Kier alpha value is -2.04. The third kappa shape index (κ3) is 2.38. The van der Waals surface area contributed by atoms with Crippen molar-refractivity contribution >= 4 is 23.2 Å². The number of hydrogen-bond donors (Lipinski definition) is 1. The molecule has 0 bridgehead atoms. The summed E-state index contributed by atoms with van der Waals surface area (Å²) in [6, 6.07) is 15.9. The lowest BCUT2D eigenvalue weighted by molar-refractivity contribution is -0.924. The molecule has 2 heterocycles. The molecule has 1 amide bonds. The Bertz CT molecular complexity index is 765. The fraction of sp³-hybridized carbons (Fsp3) is 0.316. The first kappa shape index (κ1) is 15.5. The fourth-order valence-corrected chi connectivity index (χ4v) is 4.27. The highest BCUT2D eigenvalue weighted by molar-refractivity contribution is 6.32. The lowest BCUT2D eigenvalue weighted by Gasteiger charge is -2.26. The Kier molecular flexibility index (Phi) is 3.94. The van der Waals surface area contributed by atoms with Gasteiger partial charge in [-0.25, -0.2) is 0 Å². The van der Waals surface area contributed by atoms with Gasteiger partial charge in [-0.1, -0.05) is 41.9 Å². The molecular formula is C19H20ClN2O2+. The van der Waals surface area contributed by atoms with Crippen LogP contribution in [0.25, 0.3) is 0 Å². The Morgan fingerprint density at radius 3 is 2.71 bits per heavy atom. The standard InChI is InChI=1S/C19H19ClN2O2/c1-24-17-10-9-14(12-15(17)20)22-18(13-6-3-2-4-7-13)21-11-5-8-16(21)19(22)23/h2-4,6-7,9-10,12,16,18H,5,8,11H2,1H3/p+1. The number of ether oxygens (including phenoxy) is 1. The molecule has 0 aliphatic carbocycles. The maximum atomic E-state index is 13.1. The summed E-state index contributed by atoms with van der Waals surface area (Å²) in [5.41, 5.74) is 2.00. The van der Waals surface area contributed by atoms with E-state index in [1.807, 2.05) is 41.3 Å². The molecule has 1 N–H and O–H groups in total. The van der Waals surface area contributed by atoms with Crippen LogP contribution in [0.1, 0.15) is 24.6 Å². The summed E-state index contributed by atoms with van der Waals surface area (Å²) in [7, 11) is 1.59. The molecular weight excluding hydrogens is 324 g/mol. The van der Waals surface area contributed by atoms with Crippen molar-refractivity contribution in [3.05, 3.63) is 59.1 Å². The van der Waals surface area contributed by atoms with Gasteiger partial charge >= 0.3 is 0 Å². The van der Waals surface area contributed by atoms with E-state index in [0.717, 1.165) is 30.6 Å². The number of nitrogens with one attached hydrogen (secondary N) is 1. The van der Waals surface area contributed by atoms with Crippen molar-refractivity contribution in [3.8, 4) is 5.75 Å². The molecule has 24 heavy (non-hydrogen) atoms. The number of nitrogens with zero attached hydrogens (tertiary/aromatic N) is 1. The van der Waals surface area contributed by atoms with Crippen molar-refractivity contribution in [2.24, 2.45) is 0 Å². The van der Waals surface area contributed by atoms with E-state index in [2.05, 4.69) is 12.1 Å². The van der Waals surface area contributed by atoms with E-state index in [9.17, 15) is 4.79 Å². The highest BCUT2D eigenvalue weighted by atomic mass is 35.5. The second-order valence-electron chi connectivity index (χ2n) is 6.36. The molecule has 2 aromatic rings. The highest BCUT2D eigenvalue weighted by Crippen LogP contribution is 2.35. The number of methoxy groups -OCH3 is 1. The number of fused-ring (bicyclic) bond motifs is 1. The molecule has 0 aromatic heterocycles. The van der Waals surface area contributed by atoms with E-state index in [1.54, 1.807) is 7.11 Å². The molecule has 2 aromatic carbocycles. The van der Waals surface area contributed by atoms with Gasteiger partial charge in [-0.2, -0.15) is 0 Å². The summed E-state index contributed by atoms with van der Waals surface area (Å²) in [6.07, 6.45) is 2.07. The number of rotatable bonds is 3. The van der Waals surface area contributed by atoms with Crippen molar-refractivity contribution < 1.29 is 14.4 Å². The van der Waals surface area contributed by atoms with Crippen LogP contribution < -0.4 is 14.5 Å². The van der Waals surface area contributed by atoms with Crippen molar-refractivity contribution in [1.82, 2.24) is 0 Å². The number of halogens is 1. The van der Waals surface area contributed by atoms with Crippen LogP contribution in [0, 0.1) is 0 Å². The Morgan fingerprint density at radius 1 is 1.21 bits per heavy atom. The number of carbonyl (C=O) groups is 1. The molecule has 5 heteroatoms. The maximum absolute atomic E-state index is 13.1. The first-order valence-corrected chi connectivity index (χ1v) is 8.65. The normalized spacial score (nSPS) is 25.8. The van der Waals surface area contributed by atoms with Crippen LogP contribution in [0.2, 0.25) is 5.02 Å². The smallest absolute Gasteiger partial charge is 0.290 e. The van der Waals surface area contributed by atoms with E-state index in [1.165, 1.54) is 4.90 Å². The number of carbonyl (C=O) groups excluding carboxylic acids is 1. The molecule has 0 spiro atoms. The largest absolute Gasteiger partial charge is 0.495 e. The van der Waals surface area contributed by atoms with Gasteiger partial charge in [-0.3, -0.25) is 9.69 Å². The minimum atomic E-state index is 0.00987. The number of amides is 1. The van der Waals surface area contributed by atoms with Crippen LogP contribution in [0.4, 0.5) is 5.69 Å². The summed E-state index contributed by atoms with van der Waals surface area (Å²) < 4.78 is 5.23. The monoisotopic (exact) mass is 343 g/mol. The van der Waals surface area contributed by atoms with Crippen molar-refractivity contribution in [1.29, 1.82) is 0 Å². The fourth-order valence-electron chi connectivity index (χ4n) is 4.02. The molecule has 0 saturated carbocycles. The number of benzene rings is 2. The van der Waals surface area contributed by atoms with Gasteiger partial charge in [-0.05, 0) is 18.2 Å². The van der Waals surface area contributed by atoms with Gasteiger partial charge in [-0.15, -0.1) is 0 Å². The molecule has 0 radical (unpaired) electrons. The highest BCUT2D eigenvalue weighted by Gasteiger charge is 2.53. The van der Waals surface area contributed by atoms with Gasteiger partial charge in [0.15, 0.2) is 12.2 Å². The molecule has 2 saturated heterocycles. The van der Waals surface area contributed by atoms with Crippen LogP contribution in [0.5, 0.6) is 5.75 Å². The molecule has 124 valence electrons. The van der Waals surface area contributed by atoms with Gasteiger partial charge in [0.05, 0.1) is 24.4 Å². The predicted molar refractivity (Wildman–Crippen MR) is 93.5 cm³/mol. The Balaban J connectivity index is 1.79. The molecule has 4 rings (SSSR count). The summed E-state index contributed by atoms with van der Waals surface area (Å²) >= 11 is 6.30. The predicted octanol–water partition coefficient (Wildman–Crippen LogP) is 2.44. The summed E-state index contributed by atoms with van der Waals surface area (Å²) in [6.45, 7) is 1.02. The van der Waals surface area contributed by atoms with Crippen molar-refractivity contribution in [2.45, 2.75) is 25.0 Å². The maximum Gasteiger partial charge on any atom is 0.290 e. The lowest BCUT2D eigenvalue weighted by atomic mass is 10.1. The second kappa shape index (κ2) is 6.11. The van der Waals surface area contributed by atoms with Gasteiger partial charge < -0.3 is 9.64 Å². The third-order valence-electron chi connectivity index (χ3n) is 5.08. The molecule has 2 fully saturated rings. The van der Waals surface area contributed by atoms with E-state index in [0.29, 0.717) is 10.8 Å². The first-order chi connectivity index (χ1) is 11.7. The topological polar surface area (TPSA) is 34.0 Å². The summed E-state index contributed by atoms with van der Waals surface area (Å²) in [5.74, 6) is 0.814. The van der Waals surface area contributed by atoms with Crippen molar-refractivity contribution in [2.75, 3.05) is 18.6 Å². The van der Waals surface area contributed by atoms with Crippen LogP contribution in [-0.4, -0.2) is 25.6 Å². The van der Waals surface area contributed by atoms with Crippen LogP contribution in [0.15, 0.2) is 48.5 Å². The second-order valence-corrected chi connectivity index (χ2v) is 6.77. The van der Waals surface area contributed by atoms with Crippen molar-refractivity contribution in [3.63, 3.8) is 0 Å².